The highest BCUT2D eigenvalue weighted by Crippen LogP contribution is 2.21. The Labute approximate surface area is 154 Å². The Hall–Kier alpha value is -2.44. The van der Waals surface area contributed by atoms with Crippen molar-refractivity contribution < 1.29 is 14.3 Å². The van der Waals surface area contributed by atoms with Crippen LogP contribution in [0.5, 0.6) is 5.88 Å². The molecule has 0 radical (unpaired) electrons. The number of hydrogen-bond donors (Lipinski definition) is 1. The number of pyridine rings is 1. The van der Waals surface area contributed by atoms with Crippen LogP contribution in [-0.2, 0) is 4.74 Å². The number of ether oxygens (including phenoxy) is 2. The van der Waals surface area contributed by atoms with Gasteiger partial charge in [-0.3, -0.25) is 9.69 Å². The maximum Gasteiger partial charge on any atom is 0.251 e. The molecule has 0 bridgehead atoms. The molecule has 0 saturated carbocycles. The van der Waals surface area contributed by atoms with E-state index in [1.807, 2.05) is 36.4 Å². The van der Waals surface area contributed by atoms with Crippen molar-refractivity contribution in [3.63, 3.8) is 0 Å². The van der Waals surface area contributed by atoms with Gasteiger partial charge in [0.15, 0.2) is 0 Å². The number of aromatic nitrogens is 1. The number of nitrogens with one attached hydrogen (secondary N) is 1. The Kier molecular flexibility index (Phi) is 6.57. The van der Waals surface area contributed by atoms with Gasteiger partial charge in [-0.25, -0.2) is 4.98 Å². The lowest BCUT2D eigenvalue weighted by Crippen LogP contribution is -2.38. The second kappa shape index (κ2) is 9.31. The molecule has 1 aliphatic rings. The van der Waals surface area contributed by atoms with Crippen molar-refractivity contribution in [1.82, 2.24) is 15.2 Å². The normalized spacial score (nSPS) is 14.8. The van der Waals surface area contributed by atoms with E-state index in [9.17, 15) is 4.79 Å². The first-order chi connectivity index (χ1) is 12.8. The summed E-state index contributed by atoms with van der Waals surface area (Å²) < 4.78 is 10.4. The largest absolute Gasteiger partial charge is 0.481 e. The van der Waals surface area contributed by atoms with Gasteiger partial charge in [0.05, 0.1) is 20.3 Å². The number of carbonyl (C=O) groups is 1. The van der Waals surface area contributed by atoms with Gasteiger partial charge in [-0.15, -0.1) is 0 Å². The lowest BCUT2D eigenvalue weighted by molar-refractivity contribution is 0.0374. The van der Waals surface area contributed by atoms with Gasteiger partial charge < -0.3 is 14.8 Å². The van der Waals surface area contributed by atoms with E-state index >= 15 is 0 Å². The molecule has 1 aromatic carbocycles. The molecule has 1 amide bonds. The number of morpholine rings is 1. The number of methoxy groups -OCH3 is 1. The summed E-state index contributed by atoms with van der Waals surface area (Å²) >= 11 is 0. The summed E-state index contributed by atoms with van der Waals surface area (Å²) in [5, 5.41) is 3.00. The average molecular weight is 355 g/mol. The highest BCUT2D eigenvalue weighted by molar-refractivity contribution is 5.95. The molecule has 138 valence electrons. The zero-order valence-corrected chi connectivity index (χ0v) is 15.1. The van der Waals surface area contributed by atoms with Gasteiger partial charge in [0.2, 0.25) is 5.88 Å². The molecule has 1 aliphatic heterocycles. The van der Waals surface area contributed by atoms with E-state index < -0.39 is 0 Å². The van der Waals surface area contributed by atoms with Crippen molar-refractivity contribution >= 4 is 5.91 Å². The van der Waals surface area contributed by atoms with Crippen molar-refractivity contribution in [3.8, 4) is 17.0 Å². The number of benzene rings is 1. The Balaban J connectivity index is 1.52. The Bertz CT molecular complexity index is 712. The van der Waals surface area contributed by atoms with E-state index in [0.717, 1.165) is 50.4 Å². The van der Waals surface area contributed by atoms with E-state index in [-0.39, 0.29) is 5.91 Å². The van der Waals surface area contributed by atoms with Crippen LogP contribution in [0.25, 0.3) is 11.1 Å². The standard InChI is InChI=1S/C20H25N3O3/c1-25-19-7-6-18(15-22-19)16-4-2-5-17(14-16)20(24)21-8-3-9-23-10-12-26-13-11-23/h2,4-7,14-15H,3,8-13H2,1H3,(H,21,24). The van der Waals surface area contributed by atoms with E-state index in [1.165, 1.54) is 0 Å². The van der Waals surface area contributed by atoms with Crippen LogP contribution in [0.1, 0.15) is 16.8 Å². The molecule has 1 saturated heterocycles. The van der Waals surface area contributed by atoms with E-state index in [2.05, 4.69) is 15.2 Å². The fourth-order valence-electron chi connectivity index (χ4n) is 2.94. The van der Waals surface area contributed by atoms with Crippen molar-refractivity contribution in [2.24, 2.45) is 0 Å². The van der Waals surface area contributed by atoms with Crippen LogP contribution in [-0.4, -0.2) is 62.3 Å². The van der Waals surface area contributed by atoms with Gasteiger partial charge in [0.25, 0.3) is 5.91 Å². The maximum atomic E-state index is 12.4. The molecule has 0 spiro atoms. The molecule has 26 heavy (non-hydrogen) atoms. The third-order valence-electron chi connectivity index (χ3n) is 4.44. The first-order valence-electron chi connectivity index (χ1n) is 8.95. The van der Waals surface area contributed by atoms with Gasteiger partial charge in [-0.05, 0) is 36.7 Å². The highest BCUT2D eigenvalue weighted by Gasteiger charge is 2.10. The average Bonchev–Trinajstić information content (AvgIpc) is 2.72. The van der Waals surface area contributed by atoms with Gasteiger partial charge >= 0.3 is 0 Å². The molecular weight excluding hydrogens is 330 g/mol. The number of carbonyl (C=O) groups excluding carboxylic acids is 1. The number of amides is 1. The molecule has 3 rings (SSSR count). The van der Waals surface area contributed by atoms with Gasteiger partial charge in [-0.1, -0.05) is 12.1 Å². The minimum Gasteiger partial charge on any atom is -0.481 e. The van der Waals surface area contributed by atoms with Crippen LogP contribution in [0.4, 0.5) is 0 Å². The quantitative estimate of drug-likeness (QED) is 0.772. The predicted octanol–water partition coefficient (Wildman–Crippen LogP) is 2.21. The van der Waals surface area contributed by atoms with Crippen molar-refractivity contribution in [2.75, 3.05) is 46.5 Å². The van der Waals surface area contributed by atoms with Crippen LogP contribution >= 0.6 is 0 Å². The lowest BCUT2D eigenvalue weighted by atomic mass is 10.0. The summed E-state index contributed by atoms with van der Waals surface area (Å²) in [6.45, 7) is 5.22. The summed E-state index contributed by atoms with van der Waals surface area (Å²) in [6.07, 6.45) is 2.69. The molecule has 1 N–H and O–H groups in total. The molecule has 6 nitrogen and oxygen atoms in total. The molecule has 6 heteroatoms. The minimum atomic E-state index is -0.0460. The number of rotatable bonds is 7. The Morgan fingerprint density at radius 1 is 1.23 bits per heavy atom. The second-order valence-electron chi connectivity index (χ2n) is 6.23. The van der Waals surface area contributed by atoms with Crippen molar-refractivity contribution in [1.29, 1.82) is 0 Å². The molecule has 2 aromatic rings. The Morgan fingerprint density at radius 2 is 2.08 bits per heavy atom. The summed E-state index contributed by atoms with van der Waals surface area (Å²) in [6, 6.07) is 11.3. The third-order valence-corrected chi connectivity index (χ3v) is 4.44. The molecular formula is C20H25N3O3. The first-order valence-corrected chi connectivity index (χ1v) is 8.95. The maximum absolute atomic E-state index is 12.4. The van der Waals surface area contributed by atoms with Crippen molar-refractivity contribution in [2.45, 2.75) is 6.42 Å². The van der Waals surface area contributed by atoms with Gasteiger partial charge in [0.1, 0.15) is 0 Å². The van der Waals surface area contributed by atoms with Crippen molar-refractivity contribution in [3.05, 3.63) is 48.2 Å². The summed E-state index contributed by atoms with van der Waals surface area (Å²) in [7, 11) is 1.59. The van der Waals surface area contributed by atoms with Crippen LogP contribution in [0, 0.1) is 0 Å². The molecule has 0 aliphatic carbocycles. The molecule has 0 atom stereocenters. The zero-order valence-electron chi connectivity index (χ0n) is 15.1. The second-order valence-corrected chi connectivity index (χ2v) is 6.23. The smallest absolute Gasteiger partial charge is 0.251 e. The van der Waals surface area contributed by atoms with Gasteiger partial charge in [-0.2, -0.15) is 0 Å². The van der Waals surface area contributed by atoms with Crippen LogP contribution in [0.2, 0.25) is 0 Å². The third kappa shape index (κ3) is 5.03. The Morgan fingerprint density at radius 3 is 2.81 bits per heavy atom. The zero-order chi connectivity index (χ0) is 18.2. The predicted molar refractivity (Wildman–Crippen MR) is 100 cm³/mol. The summed E-state index contributed by atoms with van der Waals surface area (Å²) in [4.78, 5) is 19.0. The van der Waals surface area contributed by atoms with Gasteiger partial charge in [0, 0.05) is 43.0 Å². The summed E-state index contributed by atoms with van der Waals surface area (Å²) in [5.41, 5.74) is 2.57. The number of hydrogen-bond acceptors (Lipinski definition) is 5. The SMILES string of the molecule is COc1ccc(-c2cccc(C(=O)NCCCN3CCOCC3)c2)cn1. The van der Waals surface area contributed by atoms with Crippen LogP contribution in [0.3, 0.4) is 0 Å². The molecule has 1 fully saturated rings. The van der Waals surface area contributed by atoms with E-state index in [4.69, 9.17) is 9.47 Å². The lowest BCUT2D eigenvalue weighted by Gasteiger charge is -2.26. The molecule has 2 heterocycles. The minimum absolute atomic E-state index is 0.0460. The highest BCUT2D eigenvalue weighted by atomic mass is 16.5. The van der Waals surface area contributed by atoms with Crippen LogP contribution < -0.4 is 10.1 Å². The fourth-order valence-corrected chi connectivity index (χ4v) is 2.94. The van der Waals surface area contributed by atoms with Crippen LogP contribution in [0.15, 0.2) is 42.6 Å². The molecule has 0 unspecified atom stereocenters. The van der Waals surface area contributed by atoms with E-state index in [1.54, 1.807) is 13.3 Å². The fraction of sp³-hybridized carbons (Fsp3) is 0.400. The summed E-state index contributed by atoms with van der Waals surface area (Å²) in [5.74, 6) is 0.526. The first kappa shape index (κ1) is 18.4. The monoisotopic (exact) mass is 355 g/mol. The van der Waals surface area contributed by atoms with E-state index in [0.29, 0.717) is 18.0 Å². The topological polar surface area (TPSA) is 63.7 Å². The molecule has 1 aromatic heterocycles. The number of nitrogens with zero attached hydrogens (tertiary/aromatic N) is 2.